The number of rotatable bonds is 2. The number of benzene rings is 1. The van der Waals surface area contributed by atoms with E-state index in [1.54, 1.807) is 6.92 Å². The first-order valence-electron chi connectivity index (χ1n) is 3.76. The van der Waals surface area contributed by atoms with Gasteiger partial charge in [0, 0.05) is 0 Å². The van der Waals surface area contributed by atoms with E-state index < -0.39 is 22.2 Å². The average molecular weight is 328 g/mol. The number of ketones is 1. The van der Waals surface area contributed by atoms with Gasteiger partial charge in [-0.3, -0.25) is 4.79 Å². The van der Waals surface area contributed by atoms with Crippen LogP contribution in [-0.4, -0.2) is 10.6 Å². The van der Waals surface area contributed by atoms with Gasteiger partial charge in [0.15, 0.2) is 5.78 Å². The molecule has 1 atom stereocenters. The van der Waals surface area contributed by atoms with Gasteiger partial charge in [0.2, 0.25) is 0 Å². The summed E-state index contributed by atoms with van der Waals surface area (Å²) in [6.07, 6.45) is 0. The number of halogens is 4. The van der Waals surface area contributed by atoms with Crippen molar-refractivity contribution in [2.75, 3.05) is 0 Å². The van der Waals surface area contributed by atoms with Crippen molar-refractivity contribution in [3.63, 3.8) is 0 Å². The third kappa shape index (κ3) is 2.39. The van der Waals surface area contributed by atoms with E-state index in [-0.39, 0.29) is 10.0 Å². The first-order valence-corrected chi connectivity index (χ1v) is 5.47. The van der Waals surface area contributed by atoms with Crippen molar-refractivity contribution in [2.24, 2.45) is 0 Å². The third-order valence-electron chi connectivity index (χ3n) is 1.64. The third-order valence-corrected chi connectivity index (χ3v) is 2.66. The van der Waals surface area contributed by atoms with Crippen LogP contribution in [0.5, 0.6) is 0 Å². The van der Waals surface area contributed by atoms with E-state index in [0.29, 0.717) is 0 Å². The Bertz CT molecular complexity index is 377. The first-order chi connectivity index (χ1) is 6.43. The molecule has 0 amide bonds. The van der Waals surface area contributed by atoms with Crippen molar-refractivity contribution in [3.8, 4) is 0 Å². The molecule has 1 rings (SSSR count). The maximum Gasteiger partial charge on any atom is 0.179 e. The summed E-state index contributed by atoms with van der Waals surface area (Å²) in [5, 5.41) is 0. The van der Waals surface area contributed by atoms with Crippen LogP contribution in [0.4, 0.5) is 8.78 Å². The van der Waals surface area contributed by atoms with E-state index in [0.717, 1.165) is 12.1 Å². The van der Waals surface area contributed by atoms with E-state index in [4.69, 9.17) is 0 Å². The van der Waals surface area contributed by atoms with Gasteiger partial charge >= 0.3 is 0 Å². The summed E-state index contributed by atoms with van der Waals surface area (Å²) < 4.78 is 26.2. The molecule has 5 heteroatoms. The smallest absolute Gasteiger partial charge is 0.179 e. The highest BCUT2D eigenvalue weighted by molar-refractivity contribution is 9.10. The second kappa shape index (κ2) is 4.49. The lowest BCUT2D eigenvalue weighted by atomic mass is 10.1. The summed E-state index contributed by atoms with van der Waals surface area (Å²) in [6.45, 7) is 1.56. The summed E-state index contributed by atoms with van der Waals surface area (Å²) in [5.74, 6) is -1.86. The molecule has 1 aromatic carbocycles. The molecule has 0 bridgehead atoms. The molecule has 0 saturated carbocycles. The topological polar surface area (TPSA) is 17.1 Å². The molecule has 0 aromatic heterocycles. The van der Waals surface area contributed by atoms with Crippen molar-refractivity contribution in [1.29, 1.82) is 0 Å². The Kier molecular flexibility index (Phi) is 3.78. The number of carbonyl (C=O) groups is 1. The van der Waals surface area contributed by atoms with Gasteiger partial charge in [-0.15, -0.1) is 0 Å². The summed E-state index contributed by atoms with van der Waals surface area (Å²) in [6, 6.07) is 1.83. The van der Waals surface area contributed by atoms with E-state index in [9.17, 15) is 13.6 Å². The number of hydrogen-bond donors (Lipinski definition) is 0. The molecule has 76 valence electrons. The van der Waals surface area contributed by atoms with Crippen molar-refractivity contribution in [1.82, 2.24) is 0 Å². The fraction of sp³-hybridized carbons (Fsp3) is 0.222. The molecular formula is C9H6Br2F2O. The van der Waals surface area contributed by atoms with Crippen LogP contribution >= 0.6 is 31.9 Å². The van der Waals surface area contributed by atoms with Crippen LogP contribution in [0.25, 0.3) is 0 Å². The van der Waals surface area contributed by atoms with E-state index >= 15 is 0 Å². The molecule has 0 heterocycles. The number of hydrogen-bond acceptors (Lipinski definition) is 1. The molecule has 0 aliphatic rings. The quantitative estimate of drug-likeness (QED) is 0.460. The van der Waals surface area contributed by atoms with Crippen LogP contribution in [0.1, 0.15) is 17.3 Å². The van der Waals surface area contributed by atoms with E-state index in [1.165, 1.54) is 0 Å². The normalized spacial score (nSPS) is 12.6. The standard InChI is InChI=1S/C9H6Br2F2O/c1-4(10)9(14)5-2-8(13)6(11)3-7(5)12/h2-4H,1H3. The Labute approximate surface area is 96.8 Å². The van der Waals surface area contributed by atoms with E-state index in [1.807, 2.05) is 0 Å². The minimum Gasteiger partial charge on any atom is -0.293 e. The van der Waals surface area contributed by atoms with Crippen LogP contribution in [0, 0.1) is 11.6 Å². The predicted molar refractivity (Wildman–Crippen MR) is 56.8 cm³/mol. The van der Waals surface area contributed by atoms with Gasteiger partial charge in [0.05, 0.1) is 14.9 Å². The molecule has 0 radical (unpaired) electrons. The highest BCUT2D eigenvalue weighted by Crippen LogP contribution is 2.21. The summed E-state index contributed by atoms with van der Waals surface area (Å²) in [4.78, 5) is 10.8. The molecule has 1 unspecified atom stereocenters. The van der Waals surface area contributed by atoms with Crippen molar-refractivity contribution >= 4 is 37.6 Å². The lowest BCUT2D eigenvalue weighted by molar-refractivity contribution is 0.0991. The zero-order chi connectivity index (χ0) is 10.9. The predicted octanol–water partition coefficient (Wildman–Crippen LogP) is 3.69. The molecule has 14 heavy (non-hydrogen) atoms. The van der Waals surface area contributed by atoms with Gasteiger partial charge < -0.3 is 0 Å². The van der Waals surface area contributed by atoms with Crippen LogP contribution < -0.4 is 0 Å². The average Bonchev–Trinajstić information content (AvgIpc) is 2.10. The summed E-state index contributed by atoms with van der Waals surface area (Å²) >= 11 is 5.83. The number of carbonyl (C=O) groups excluding carboxylic acids is 1. The second-order valence-corrected chi connectivity index (χ2v) is 4.95. The van der Waals surface area contributed by atoms with Gasteiger partial charge in [0.25, 0.3) is 0 Å². The van der Waals surface area contributed by atoms with Crippen molar-refractivity contribution in [2.45, 2.75) is 11.8 Å². The lowest BCUT2D eigenvalue weighted by Crippen LogP contribution is -2.12. The minimum absolute atomic E-state index is 0.00813. The Balaban J connectivity index is 3.22. The first kappa shape index (κ1) is 11.8. The molecular weight excluding hydrogens is 322 g/mol. The van der Waals surface area contributed by atoms with Gasteiger partial charge in [-0.25, -0.2) is 8.78 Å². The van der Waals surface area contributed by atoms with Crippen LogP contribution in [0.15, 0.2) is 16.6 Å². The molecule has 1 aromatic rings. The SMILES string of the molecule is CC(Br)C(=O)c1cc(F)c(Br)cc1F. The molecule has 0 aliphatic carbocycles. The number of Topliss-reactive ketones (excluding diaryl/α,β-unsaturated/α-hetero) is 1. The van der Waals surface area contributed by atoms with Crippen molar-refractivity contribution < 1.29 is 13.6 Å². The van der Waals surface area contributed by atoms with Crippen LogP contribution in [0.3, 0.4) is 0 Å². The highest BCUT2D eigenvalue weighted by atomic mass is 79.9. The van der Waals surface area contributed by atoms with Gasteiger partial charge in [-0.1, -0.05) is 15.9 Å². The fourth-order valence-electron chi connectivity index (χ4n) is 0.926. The molecule has 0 spiro atoms. The summed E-state index contributed by atoms with van der Waals surface area (Å²) in [7, 11) is 0. The molecule has 0 saturated heterocycles. The zero-order valence-corrected chi connectivity index (χ0v) is 10.3. The largest absolute Gasteiger partial charge is 0.293 e. The molecule has 0 aliphatic heterocycles. The van der Waals surface area contributed by atoms with E-state index in [2.05, 4.69) is 31.9 Å². The summed E-state index contributed by atoms with van der Waals surface area (Å²) in [5.41, 5.74) is -0.241. The van der Waals surface area contributed by atoms with Gasteiger partial charge in [-0.2, -0.15) is 0 Å². The molecule has 0 fully saturated rings. The van der Waals surface area contributed by atoms with Gasteiger partial charge in [-0.05, 0) is 35.0 Å². The maximum atomic E-state index is 13.2. The Morgan fingerprint density at radius 1 is 1.36 bits per heavy atom. The number of alkyl halides is 1. The molecule has 0 N–H and O–H groups in total. The molecule has 1 nitrogen and oxygen atoms in total. The van der Waals surface area contributed by atoms with Crippen LogP contribution in [0.2, 0.25) is 0 Å². The Morgan fingerprint density at radius 2 is 1.93 bits per heavy atom. The monoisotopic (exact) mass is 326 g/mol. The van der Waals surface area contributed by atoms with Crippen molar-refractivity contribution in [3.05, 3.63) is 33.8 Å². The second-order valence-electron chi connectivity index (χ2n) is 2.73. The van der Waals surface area contributed by atoms with Crippen LogP contribution in [-0.2, 0) is 0 Å². The zero-order valence-electron chi connectivity index (χ0n) is 7.15. The Morgan fingerprint density at radius 3 is 2.43 bits per heavy atom. The highest BCUT2D eigenvalue weighted by Gasteiger charge is 2.18. The fourth-order valence-corrected chi connectivity index (χ4v) is 1.49. The minimum atomic E-state index is -0.727. The maximum absolute atomic E-state index is 13.2. The Hall–Kier alpha value is -0.290. The lowest BCUT2D eigenvalue weighted by Gasteiger charge is -2.05. The van der Waals surface area contributed by atoms with Gasteiger partial charge in [0.1, 0.15) is 11.6 Å².